The van der Waals surface area contributed by atoms with E-state index in [0.717, 1.165) is 23.3 Å². The molecule has 7 heteroatoms. The molecular weight excluding hydrogens is 352 g/mol. The molecule has 0 spiro atoms. The van der Waals surface area contributed by atoms with E-state index in [1.54, 1.807) is 12.1 Å². The highest BCUT2D eigenvalue weighted by molar-refractivity contribution is 5.99. The van der Waals surface area contributed by atoms with Crippen LogP contribution in [0.2, 0.25) is 0 Å². The first-order chi connectivity index (χ1) is 12.9. The Hall–Kier alpha value is -2.96. The lowest BCUT2D eigenvalue weighted by Gasteiger charge is -2.24. The van der Waals surface area contributed by atoms with Gasteiger partial charge >= 0.3 is 6.61 Å². The molecule has 1 aliphatic carbocycles. The molecule has 0 radical (unpaired) electrons. The smallest absolute Gasteiger partial charge is 0.387 e. The summed E-state index contributed by atoms with van der Waals surface area (Å²) in [6, 6.07) is 13.8. The van der Waals surface area contributed by atoms with Gasteiger partial charge in [0.2, 0.25) is 5.91 Å². The predicted octanol–water partition coefficient (Wildman–Crippen LogP) is 3.65. The van der Waals surface area contributed by atoms with E-state index in [2.05, 4.69) is 4.74 Å². The molecule has 5 nitrogen and oxygen atoms in total. The fraction of sp³-hybridized carbons (Fsp3) is 0.300. The van der Waals surface area contributed by atoms with Crippen LogP contribution in [0.25, 0.3) is 0 Å². The van der Waals surface area contributed by atoms with Gasteiger partial charge in [0.05, 0.1) is 5.92 Å². The Morgan fingerprint density at radius 1 is 1.19 bits per heavy atom. The largest absolute Gasteiger partial charge is 0.435 e. The summed E-state index contributed by atoms with van der Waals surface area (Å²) >= 11 is 0. The molecule has 1 amide bonds. The Morgan fingerprint density at radius 3 is 2.41 bits per heavy atom. The molecule has 2 aromatic carbocycles. The van der Waals surface area contributed by atoms with Gasteiger partial charge in [-0.3, -0.25) is 15.1 Å². The monoisotopic (exact) mass is 373 g/mol. The number of guanidine groups is 1. The van der Waals surface area contributed by atoms with Crippen LogP contribution in [0, 0.1) is 5.41 Å². The first kappa shape index (κ1) is 18.8. The topological polar surface area (TPSA) is 79.4 Å². The second kappa shape index (κ2) is 7.73. The minimum atomic E-state index is -2.91. The number of nitrogens with two attached hydrogens (primary N) is 1. The molecule has 0 saturated heterocycles. The average Bonchev–Trinajstić information content (AvgIpc) is 3.47. The Labute approximate surface area is 156 Å². The van der Waals surface area contributed by atoms with Crippen LogP contribution in [-0.2, 0) is 4.79 Å². The summed E-state index contributed by atoms with van der Waals surface area (Å²) in [6.07, 6.45) is 2.27. The molecule has 1 saturated carbocycles. The second-order valence-corrected chi connectivity index (χ2v) is 6.61. The molecule has 3 N–H and O–H groups in total. The lowest BCUT2D eigenvalue weighted by molar-refractivity contribution is -0.127. The van der Waals surface area contributed by atoms with Gasteiger partial charge in [-0.25, -0.2) is 0 Å². The SMILES string of the molecule is CN(C(=N)N)C(=O)C(c1ccc(OC(F)F)cc1)c1cccc(C2CC2)c1. The summed E-state index contributed by atoms with van der Waals surface area (Å²) in [5, 5.41) is 7.56. The third-order valence-corrected chi connectivity index (χ3v) is 4.67. The van der Waals surface area contributed by atoms with Crippen molar-refractivity contribution in [1.82, 2.24) is 4.90 Å². The Morgan fingerprint density at radius 2 is 1.85 bits per heavy atom. The van der Waals surface area contributed by atoms with Crippen molar-refractivity contribution >= 4 is 11.9 Å². The molecule has 0 aliphatic heterocycles. The van der Waals surface area contributed by atoms with Crippen molar-refractivity contribution < 1.29 is 18.3 Å². The van der Waals surface area contributed by atoms with E-state index < -0.39 is 12.5 Å². The van der Waals surface area contributed by atoms with Crippen LogP contribution in [0.15, 0.2) is 48.5 Å². The fourth-order valence-corrected chi connectivity index (χ4v) is 3.04. The third kappa shape index (κ3) is 4.42. The van der Waals surface area contributed by atoms with Gasteiger partial charge in [-0.2, -0.15) is 8.78 Å². The third-order valence-electron chi connectivity index (χ3n) is 4.67. The summed E-state index contributed by atoms with van der Waals surface area (Å²) in [4.78, 5) is 14.1. The molecule has 27 heavy (non-hydrogen) atoms. The standard InChI is InChI=1S/C20H21F2N3O2/c1-25(20(23)24)18(26)17(13-7-9-16(10-8-13)27-19(21)22)15-4-2-3-14(11-15)12-5-6-12/h2-4,7-12,17,19H,5-6H2,1H3,(H3,23,24). The first-order valence-electron chi connectivity index (χ1n) is 8.63. The Bertz CT molecular complexity index is 835. The maximum Gasteiger partial charge on any atom is 0.387 e. The highest BCUT2D eigenvalue weighted by Gasteiger charge is 2.29. The molecule has 0 heterocycles. The highest BCUT2D eigenvalue weighted by atomic mass is 19.3. The van der Waals surface area contributed by atoms with Crippen LogP contribution in [0.5, 0.6) is 5.75 Å². The maximum atomic E-state index is 13.0. The molecule has 0 aromatic heterocycles. The summed E-state index contributed by atoms with van der Waals surface area (Å²) in [5.41, 5.74) is 8.05. The summed E-state index contributed by atoms with van der Waals surface area (Å²) in [7, 11) is 1.44. The minimum Gasteiger partial charge on any atom is -0.435 e. The number of hydrogen-bond acceptors (Lipinski definition) is 3. The molecule has 2 aromatic rings. The minimum absolute atomic E-state index is 0.0200. The fourth-order valence-electron chi connectivity index (χ4n) is 3.04. The van der Waals surface area contributed by atoms with Crippen LogP contribution in [0.1, 0.15) is 41.4 Å². The van der Waals surface area contributed by atoms with Crippen LogP contribution in [0.4, 0.5) is 8.78 Å². The number of nitrogens with one attached hydrogen (secondary N) is 1. The predicted molar refractivity (Wildman–Crippen MR) is 98.0 cm³/mol. The molecule has 3 rings (SSSR count). The lowest BCUT2D eigenvalue weighted by Crippen LogP contribution is -2.41. The summed E-state index contributed by atoms with van der Waals surface area (Å²) in [6.45, 7) is -2.91. The van der Waals surface area contributed by atoms with Crippen molar-refractivity contribution in [3.63, 3.8) is 0 Å². The van der Waals surface area contributed by atoms with Gasteiger partial charge in [-0.05, 0) is 47.6 Å². The van der Waals surface area contributed by atoms with Gasteiger partial charge in [-0.1, -0.05) is 36.4 Å². The van der Waals surface area contributed by atoms with Crippen molar-refractivity contribution in [1.29, 1.82) is 5.41 Å². The number of benzene rings is 2. The number of halogens is 2. The van der Waals surface area contributed by atoms with Gasteiger partial charge in [0.15, 0.2) is 5.96 Å². The van der Waals surface area contributed by atoms with Crippen LogP contribution >= 0.6 is 0 Å². The lowest BCUT2D eigenvalue weighted by atomic mass is 9.88. The molecule has 1 atom stereocenters. The number of amides is 1. The van der Waals surface area contributed by atoms with Crippen molar-refractivity contribution in [2.75, 3.05) is 7.05 Å². The normalized spacial score (nSPS) is 14.7. The van der Waals surface area contributed by atoms with E-state index in [4.69, 9.17) is 11.1 Å². The quantitative estimate of drug-likeness (QED) is 0.599. The second-order valence-electron chi connectivity index (χ2n) is 6.61. The molecule has 1 unspecified atom stereocenters. The van der Waals surface area contributed by atoms with Gasteiger partial charge < -0.3 is 10.5 Å². The van der Waals surface area contributed by atoms with Crippen molar-refractivity contribution in [2.24, 2.45) is 5.73 Å². The van der Waals surface area contributed by atoms with Gasteiger partial charge in [0.25, 0.3) is 0 Å². The van der Waals surface area contributed by atoms with E-state index in [-0.39, 0.29) is 17.6 Å². The van der Waals surface area contributed by atoms with E-state index >= 15 is 0 Å². The van der Waals surface area contributed by atoms with E-state index in [1.165, 1.54) is 24.7 Å². The summed E-state index contributed by atoms with van der Waals surface area (Å²) < 4.78 is 29.1. The number of carbonyl (C=O) groups is 1. The maximum absolute atomic E-state index is 13.0. The number of alkyl halides is 2. The molecule has 0 bridgehead atoms. The van der Waals surface area contributed by atoms with Crippen LogP contribution in [0.3, 0.4) is 0 Å². The van der Waals surface area contributed by atoms with Crippen molar-refractivity contribution in [3.8, 4) is 5.75 Å². The molecular formula is C20H21F2N3O2. The number of rotatable bonds is 6. The van der Waals surface area contributed by atoms with Crippen LogP contribution in [-0.4, -0.2) is 30.4 Å². The van der Waals surface area contributed by atoms with E-state index in [0.29, 0.717) is 11.5 Å². The van der Waals surface area contributed by atoms with E-state index in [1.807, 2.05) is 24.3 Å². The molecule has 1 fully saturated rings. The number of ether oxygens (including phenoxy) is 1. The molecule has 1 aliphatic rings. The van der Waals surface area contributed by atoms with Gasteiger partial charge in [0.1, 0.15) is 5.75 Å². The Balaban J connectivity index is 1.98. The number of nitrogens with zero attached hydrogens (tertiary/aromatic N) is 1. The summed E-state index contributed by atoms with van der Waals surface area (Å²) in [5.74, 6) is -0.878. The zero-order valence-corrected chi connectivity index (χ0v) is 14.9. The zero-order chi connectivity index (χ0) is 19.6. The number of hydrogen-bond donors (Lipinski definition) is 2. The Kier molecular flexibility index (Phi) is 5.39. The first-order valence-corrected chi connectivity index (χ1v) is 8.63. The van der Waals surface area contributed by atoms with Crippen molar-refractivity contribution in [3.05, 3.63) is 65.2 Å². The zero-order valence-electron chi connectivity index (χ0n) is 14.9. The number of carbonyl (C=O) groups excluding carboxylic acids is 1. The van der Waals surface area contributed by atoms with Crippen molar-refractivity contribution in [2.45, 2.75) is 31.3 Å². The van der Waals surface area contributed by atoms with Gasteiger partial charge in [-0.15, -0.1) is 0 Å². The number of likely N-dealkylation sites (N-methyl/N-ethyl adjacent to an activating group) is 1. The highest BCUT2D eigenvalue weighted by Crippen LogP contribution is 2.41. The average molecular weight is 373 g/mol. The van der Waals surface area contributed by atoms with Gasteiger partial charge in [0, 0.05) is 7.05 Å². The van der Waals surface area contributed by atoms with E-state index in [9.17, 15) is 13.6 Å². The van der Waals surface area contributed by atoms with Crippen LogP contribution < -0.4 is 10.5 Å². The molecule has 142 valence electrons.